The summed E-state index contributed by atoms with van der Waals surface area (Å²) in [7, 11) is 0. The van der Waals surface area contributed by atoms with E-state index in [-0.39, 0.29) is 5.56 Å². The number of H-pyrrole nitrogens is 1. The van der Waals surface area contributed by atoms with Crippen molar-refractivity contribution in [2.75, 3.05) is 5.43 Å². The second kappa shape index (κ2) is 3.38. The summed E-state index contributed by atoms with van der Waals surface area (Å²) in [5.74, 6) is 0. The van der Waals surface area contributed by atoms with Crippen LogP contribution in [0.3, 0.4) is 0 Å². The summed E-state index contributed by atoms with van der Waals surface area (Å²) in [6.07, 6.45) is 0. The summed E-state index contributed by atoms with van der Waals surface area (Å²) in [4.78, 5) is 14.5. The predicted molar refractivity (Wildman–Crippen MR) is 65.1 cm³/mol. The SMILES string of the molecule is O=c1[nH]c2cc(Cl)c(Cl)cc2c2c1CNN2. The molecule has 1 aliphatic rings. The number of fused-ring (bicyclic) bond motifs is 3. The maximum Gasteiger partial charge on any atom is 0.255 e. The summed E-state index contributed by atoms with van der Waals surface area (Å²) < 4.78 is 0. The van der Waals surface area contributed by atoms with Crippen molar-refractivity contribution in [2.24, 2.45) is 0 Å². The maximum atomic E-state index is 11.7. The summed E-state index contributed by atoms with van der Waals surface area (Å²) in [5, 5.41) is 1.75. The Balaban J connectivity index is 2.48. The van der Waals surface area contributed by atoms with Gasteiger partial charge in [-0.3, -0.25) is 4.79 Å². The van der Waals surface area contributed by atoms with Crippen molar-refractivity contribution in [3.63, 3.8) is 0 Å². The third kappa shape index (κ3) is 1.31. The van der Waals surface area contributed by atoms with Crippen molar-refractivity contribution < 1.29 is 0 Å². The van der Waals surface area contributed by atoms with E-state index in [1.54, 1.807) is 12.1 Å². The molecular formula is C10H7Cl2N3O. The van der Waals surface area contributed by atoms with Crippen LogP contribution in [0, 0.1) is 0 Å². The highest BCUT2D eigenvalue weighted by Gasteiger charge is 2.18. The molecule has 2 aromatic rings. The number of anilines is 1. The molecule has 0 amide bonds. The van der Waals surface area contributed by atoms with Gasteiger partial charge in [0.1, 0.15) is 0 Å². The van der Waals surface area contributed by atoms with E-state index < -0.39 is 0 Å². The normalized spacial score (nSPS) is 13.9. The molecule has 0 saturated heterocycles. The third-order valence-electron chi connectivity index (χ3n) is 2.63. The fraction of sp³-hybridized carbons (Fsp3) is 0.100. The molecule has 6 heteroatoms. The second-order valence-corrected chi connectivity index (χ2v) is 4.41. The van der Waals surface area contributed by atoms with Gasteiger partial charge < -0.3 is 10.4 Å². The van der Waals surface area contributed by atoms with Crippen molar-refractivity contribution in [1.29, 1.82) is 0 Å². The standard InChI is InChI=1S/C10H7Cl2N3O/c11-6-1-4-8(2-7(6)12)14-10(16)5-3-13-15-9(4)5/h1-2,13,15H,3H2,(H,14,16). The summed E-state index contributed by atoms with van der Waals surface area (Å²) in [6.45, 7) is 0.501. The van der Waals surface area contributed by atoms with Crippen molar-refractivity contribution in [3.05, 3.63) is 38.1 Å². The number of halogens is 2. The van der Waals surface area contributed by atoms with Gasteiger partial charge in [0.05, 0.1) is 26.8 Å². The van der Waals surface area contributed by atoms with Gasteiger partial charge in [0.15, 0.2) is 0 Å². The molecule has 1 aliphatic heterocycles. The third-order valence-corrected chi connectivity index (χ3v) is 3.35. The van der Waals surface area contributed by atoms with Crippen LogP contribution in [-0.2, 0) is 6.54 Å². The number of aromatic nitrogens is 1. The lowest BCUT2D eigenvalue weighted by Crippen LogP contribution is -2.13. The van der Waals surface area contributed by atoms with E-state index in [0.717, 1.165) is 11.1 Å². The minimum absolute atomic E-state index is 0.113. The zero-order valence-corrected chi connectivity index (χ0v) is 9.54. The van der Waals surface area contributed by atoms with Gasteiger partial charge in [0, 0.05) is 11.9 Å². The molecule has 2 heterocycles. The Morgan fingerprint density at radius 3 is 2.75 bits per heavy atom. The first-order chi connectivity index (χ1) is 7.66. The van der Waals surface area contributed by atoms with Crippen LogP contribution in [0.2, 0.25) is 10.0 Å². The van der Waals surface area contributed by atoms with E-state index in [1.165, 1.54) is 0 Å². The lowest BCUT2D eigenvalue weighted by Gasteiger charge is -2.06. The zero-order chi connectivity index (χ0) is 11.3. The molecular weight excluding hydrogens is 249 g/mol. The number of rotatable bonds is 0. The predicted octanol–water partition coefficient (Wildman–Crippen LogP) is 2.26. The number of hydrazine groups is 1. The van der Waals surface area contributed by atoms with E-state index in [4.69, 9.17) is 23.2 Å². The Labute approximate surface area is 101 Å². The maximum absolute atomic E-state index is 11.7. The molecule has 3 rings (SSSR count). The molecule has 3 N–H and O–H groups in total. The molecule has 0 fully saturated rings. The van der Waals surface area contributed by atoms with Crippen LogP contribution >= 0.6 is 23.2 Å². The average molecular weight is 256 g/mol. The molecule has 0 atom stereocenters. The van der Waals surface area contributed by atoms with Gasteiger partial charge in [-0.1, -0.05) is 23.2 Å². The second-order valence-electron chi connectivity index (χ2n) is 3.60. The first kappa shape index (κ1) is 9.96. The van der Waals surface area contributed by atoms with Gasteiger partial charge in [-0.25, -0.2) is 5.43 Å². The van der Waals surface area contributed by atoms with E-state index >= 15 is 0 Å². The Morgan fingerprint density at radius 1 is 1.19 bits per heavy atom. The first-order valence-electron chi connectivity index (χ1n) is 4.69. The number of nitrogens with one attached hydrogen (secondary N) is 3. The quantitative estimate of drug-likeness (QED) is 0.677. The van der Waals surface area contributed by atoms with Crippen molar-refractivity contribution >= 4 is 39.8 Å². The number of pyridine rings is 1. The molecule has 0 spiro atoms. The smallest absolute Gasteiger partial charge is 0.255 e. The molecule has 0 aliphatic carbocycles. The lowest BCUT2D eigenvalue weighted by atomic mass is 10.1. The van der Waals surface area contributed by atoms with Crippen LogP contribution in [0.4, 0.5) is 5.69 Å². The van der Waals surface area contributed by atoms with Crippen molar-refractivity contribution in [3.8, 4) is 0 Å². The fourth-order valence-electron chi connectivity index (χ4n) is 1.86. The summed E-state index contributed by atoms with van der Waals surface area (Å²) >= 11 is 11.9. The Hall–Kier alpha value is -1.23. The topological polar surface area (TPSA) is 56.9 Å². The van der Waals surface area contributed by atoms with Crippen LogP contribution in [0.25, 0.3) is 10.9 Å². The highest BCUT2D eigenvalue weighted by molar-refractivity contribution is 6.42. The van der Waals surface area contributed by atoms with Gasteiger partial charge in [-0.15, -0.1) is 0 Å². The number of aromatic amines is 1. The molecule has 0 bridgehead atoms. The lowest BCUT2D eigenvalue weighted by molar-refractivity contribution is 0.853. The summed E-state index contributed by atoms with van der Waals surface area (Å²) in [5.41, 5.74) is 7.89. The first-order valence-corrected chi connectivity index (χ1v) is 5.45. The Bertz CT molecular complexity index is 651. The average Bonchev–Trinajstić information content (AvgIpc) is 2.71. The molecule has 1 aromatic carbocycles. The van der Waals surface area contributed by atoms with Crippen LogP contribution < -0.4 is 16.4 Å². The molecule has 82 valence electrons. The molecule has 0 unspecified atom stereocenters. The van der Waals surface area contributed by atoms with E-state index in [2.05, 4.69) is 15.8 Å². The van der Waals surface area contributed by atoms with Gasteiger partial charge in [0.25, 0.3) is 5.56 Å². The van der Waals surface area contributed by atoms with Crippen LogP contribution in [0.15, 0.2) is 16.9 Å². The highest BCUT2D eigenvalue weighted by atomic mass is 35.5. The van der Waals surface area contributed by atoms with Gasteiger partial charge in [0.2, 0.25) is 0 Å². The van der Waals surface area contributed by atoms with Crippen LogP contribution in [0.5, 0.6) is 0 Å². The Kier molecular flexibility index (Phi) is 2.10. The van der Waals surface area contributed by atoms with Crippen molar-refractivity contribution in [1.82, 2.24) is 10.4 Å². The molecule has 0 radical (unpaired) electrons. The number of benzene rings is 1. The minimum atomic E-state index is -0.113. The molecule has 4 nitrogen and oxygen atoms in total. The molecule has 16 heavy (non-hydrogen) atoms. The largest absolute Gasteiger partial charge is 0.321 e. The zero-order valence-electron chi connectivity index (χ0n) is 8.03. The fourth-order valence-corrected chi connectivity index (χ4v) is 2.19. The van der Waals surface area contributed by atoms with Gasteiger partial charge in [-0.05, 0) is 12.1 Å². The van der Waals surface area contributed by atoms with Gasteiger partial charge in [-0.2, -0.15) is 0 Å². The van der Waals surface area contributed by atoms with E-state index in [0.29, 0.717) is 27.7 Å². The number of hydrogen-bond donors (Lipinski definition) is 3. The van der Waals surface area contributed by atoms with Crippen molar-refractivity contribution in [2.45, 2.75) is 6.54 Å². The van der Waals surface area contributed by atoms with E-state index in [1.807, 2.05) is 0 Å². The summed E-state index contributed by atoms with van der Waals surface area (Å²) in [6, 6.07) is 3.40. The number of hydrogen-bond acceptors (Lipinski definition) is 3. The monoisotopic (exact) mass is 255 g/mol. The van der Waals surface area contributed by atoms with Gasteiger partial charge >= 0.3 is 0 Å². The van der Waals surface area contributed by atoms with Crippen LogP contribution in [0.1, 0.15) is 5.56 Å². The highest BCUT2D eigenvalue weighted by Crippen LogP contribution is 2.32. The van der Waals surface area contributed by atoms with E-state index in [9.17, 15) is 4.79 Å². The molecule has 0 saturated carbocycles. The Morgan fingerprint density at radius 2 is 1.94 bits per heavy atom. The minimum Gasteiger partial charge on any atom is -0.321 e. The van der Waals surface area contributed by atoms with Crippen LogP contribution in [-0.4, -0.2) is 4.98 Å². The molecule has 1 aromatic heterocycles.